The molecular weight excluding hydrogens is 304 g/mol. The molecule has 5 heteroatoms. The zero-order valence-corrected chi connectivity index (χ0v) is 14.3. The highest BCUT2D eigenvalue weighted by molar-refractivity contribution is 5.95. The molecule has 0 bridgehead atoms. The van der Waals surface area contributed by atoms with E-state index in [1.165, 1.54) is 19.3 Å². The molecule has 2 saturated heterocycles. The van der Waals surface area contributed by atoms with Crippen molar-refractivity contribution in [3.63, 3.8) is 0 Å². The first-order valence-electron chi connectivity index (χ1n) is 9.28. The Morgan fingerprint density at radius 1 is 1.21 bits per heavy atom. The van der Waals surface area contributed by atoms with Gasteiger partial charge in [0, 0.05) is 25.6 Å². The van der Waals surface area contributed by atoms with Crippen LogP contribution in [0.4, 0.5) is 0 Å². The Kier molecular flexibility index (Phi) is 4.21. The first kappa shape index (κ1) is 15.9. The van der Waals surface area contributed by atoms with Crippen LogP contribution in [0.3, 0.4) is 0 Å². The van der Waals surface area contributed by atoms with Gasteiger partial charge in [0.25, 0.3) is 5.91 Å². The van der Waals surface area contributed by atoms with E-state index in [9.17, 15) is 9.59 Å². The molecular formula is C19H26N2O3. The maximum atomic E-state index is 12.9. The summed E-state index contributed by atoms with van der Waals surface area (Å²) in [6.07, 6.45) is 5.83. The lowest BCUT2D eigenvalue weighted by Gasteiger charge is -2.22. The van der Waals surface area contributed by atoms with Crippen LogP contribution >= 0.6 is 0 Å². The largest absolute Gasteiger partial charge is 0.427 e. The first-order chi connectivity index (χ1) is 11.6. The van der Waals surface area contributed by atoms with Gasteiger partial charge in [-0.05, 0) is 62.6 Å². The quantitative estimate of drug-likeness (QED) is 0.904. The Labute approximate surface area is 142 Å². The van der Waals surface area contributed by atoms with Crippen molar-refractivity contribution in [2.75, 3.05) is 26.2 Å². The van der Waals surface area contributed by atoms with Crippen molar-refractivity contribution >= 4 is 5.91 Å². The van der Waals surface area contributed by atoms with Gasteiger partial charge in [0.1, 0.15) is 11.3 Å². The molecule has 1 N–H and O–H groups in total. The predicted molar refractivity (Wildman–Crippen MR) is 91.3 cm³/mol. The summed E-state index contributed by atoms with van der Waals surface area (Å²) in [6, 6.07) is 1.91. The minimum Gasteiger partial charge on any atom is -0.427 e. The summed E-state index contributed by atoms with van der Waals surface area (Å²) in [5, 5.41) is 3.34. The lowest BCUT2D eigenvalue weighted by atomic mass is 9.95. The molecule has 1 aliphatic carbocycles. The van der Waals surface area contributed by atoms with E-state index in [2.05, 4.69) is 5.32 Å². The maximum Gasteiger partial charge on any atom is 0.349 e. The normalized spacial score (nSPS) is 29.7. The van der Waals surface area contributed by atoms with Crippen molar-refractivity contribution in [2.45, 2.75) is 44.9 Å². The second kappa shape index (κ2) is 6.36. The summed E-state index contributed by atoms with van der Waals surface area (Å²) in [4.78, 5) is 27.2. The van der Waals surface area contributed by atoms with E-state index in [1.54, 1.807) is 0 Å². The third-order valence-corrected chi connectivity index (χ3v) is 6.09. The van der Waals surface area contributed by atoms with Crippen molar-refractivity contribution in [1.29, 1.82) is 0 Å². The van der Waals surface area contributed by atoms with Crippen LogP contribution in [0.25, 0.3) is 0 Å². The lowest BCUT2D eigenvalue weighted by Crippen LogP contribution is -2.34. The third kappa shape index (κ3) is 2.79. The fraction of sp³-hybridized carbons (Fsp3) is 0.684. The number of aryl methyl sites for hydroxylation is 1. The topological polar surface area (TPSA) is 62.6 Å². The van der Waals surface area contributed by atoms with Crippen LogP contribution in [-0.4, -0.2) is 37.0 Å². The number of piperidine rings is 1. The molecule has 1 aromatic rings. The fourth-order valence-corrected chi connectivity index (χ4v) is 4.74. The number of rotatable bonds is 2. The lowest BCUT2D eigenvalue weighted by molar-refractivity contribution is 0.0774. The fourth-order valence-electron chi connectivity index (χ4n) is 4.74. The van der Waals surface area contributed by atoms with E-state index >= 15 is 0 Å². The van der Waals surface area contributed by atoms with Gasteiger partial charge in [-0.2, -0.15) is 0 Å². The predicted octanol–water partition coefficient (Wildman–Crippen LogP) is 2.29. The SMILES string of the molecule is Cc1cc(C2CCCNC2)oc(=O)c1C(=O)N1C[C@H]2CCC[C@H]2C1. The maximum absolute atomic E-state index is 12.9. The van der Waals surface area contributed by atoms with Crippen LogP contribution in [0.5, 0.6) is 0 Å². The van der Waals surface area contributed by atoms with Gasteiger partial charge in [-0.15, -0.1) is 0 Å². The second-order valence-electron chi connectivity index (χ2n) is 7.70. The summed E-state index contributed by atoms with van der Waals surface area (Å²) in [5.41, 5.74) is 0.536. The first-order valence-corrected chi connectivity index (χ1v) is 9.28. The molecule has 2 aliphatic heterocycles. The van der Waals surface area contributed by atoms with Gasteiger partial charge < -0.3 is 14.6 Å². The summed E-state index contributed by atoms with van der Waals surface area (Å²) in [7, 11) is 0. The second-order valence-corrected chi connectivity index (χ2v) is 7.70. The van der Waals surface area contributed by atoms with Gasteiger partial charge in [0.05, 0.1) is 0 Å². The Balaban J connectivity index is 1.57. The van der Waals surface area contributed by atoms with Gasteiger partial charge in [-0.3, -0.25) is 4.79 Å². The number of carbonyl (C=O) groups is 1. The van der Waals surface area contributed by atoms with Gasteiger partial charge in [-0.25, -0.2) is 4.79 Å². The van der Waals surface area contributed by atoms with Crippen molar-refractivity contribution in [3.8, 4) is 0 Å². The minimum absolute atomic E-state index is 0.135. The molecule has 24 heavy (non-hydrogen) atoms. The van der Waals surface area contributed by atoms with Crippen LogP contribution in [0, 0.1) is 18.8 Å². The summed E-state index contributed by atoms with van der Waals surface area (Å²) >= 11 is 0. The molecule has 3 atom stereocenters. The molecule has 1 saturated carbocycles. The average molecular weight is 330 g/mol. The van der Waals surface area contributed by atoms with E-state index in [0.717, 1.165) is 50.3 Å². The Hall–Kier alpha value is -1.62. The number of hydrogen-bond acceptors (Lipinski definition) is 4. The highest BCUT2D eigenvalue weighted by atomic mass is 16.4. The summed E-state index contributed by atoms with van der Waals surface area (Å²) in [5.74, 6) is 2.09. The highest BCUT2D eigenvalue weighted by Crippen LogP contribution is 2.38. The molecule has 3 heterocycles. The van der Waals surface area contributed by atoms with E-state index in [4.69, 9.17) is 4.42 Å². The molecule has 1 unspecified atom stereocenters. The summed E-state index contributed by atoms with van der Waals surface area (Å²) in [6.45, 7) is 5.33. The van der Waals surface area contributed by atoms with Crippen molar-refractivity contribution < 1.29 is 9.21 Å². The molecule has 3 aliphatic rings. The van der Waals surface area contributed by atoms with Gasteiger partial charge in [0.15, 0.2) is 0 Å². The van der Waals surface area contributed by atoms with Crippen LogP contribution in [0.1, 0.15) is 59.7 Å². The Bertz CT molecular complexity index is 678. The van der Waals surface area contributed by atoms with Gasteiger partial charge >= 0.3 is 5.63 Å². The monoisotopic (exact) mass is 330 g/mol. The van der Waals surface area contributed by atoms with Crippen LogP contribution in [-0.2, 0) is 0 Å². The number of nitrogens with zero attached hydrogens (tertiary/aromatic N) is 1. The van der Waals surface area contributed by atoms with Crippen molar-refractivity contribution in [1.82, 2.24) is 10.2 Å². The molecule has 130 valence electrons. The van der Waals surface area contributed by atoms with Gasteiger partial charge in [0.2, 0.25) is 0 Å². The third-order valence-electron chi connectivity index (χ3n) is 6.09. The van der Waals surface area contributed by atoms with Crippen molar-refractivity contribution in [3.05, 3.63) is 33.4 Å². The van der Waals surface area contributed by atoms with Crippen LogP contribution in [0.15, 0.2) is 15.3 Å². The minimum atomic E-state index is -0.461. The molecule has 1 amide bonds. The van der Waals surface area contributed by atoms with E-state index < -0.39 is 5.63 Å². The number of fused-ring (bicyclic) bond motifs is 1. The number of hydrogen-bond donors (Lipinski definition) is 1. The van der Waals surface area contributed by atoms with E-state index in [-0.39, 0.29) is 17.4 Å². The molecule has 0 aromatic carbocycles. The van der Waals surface area contributed by atoms with E-state index in [1.807, 2.05) is 17.9 Å². The number of amides is 1. The molecule has 1 aromatic heterocycles. The van der Waals surface area contributed by atoms with E-state index in [0.29, 0.717) is 11.8 Å². The Morgan fingerprint density at radius 2 is 1.96 bits per heavy atom. The summed E-state index contributed by atoms with van der Waals surface area (Å²) < 4.78 is 5.56. The molecule has 0 spiro atoms. The van der Waals surface area contributed by atoms with Crippen LogP contribution in [0.2, 0.25) is 0 Å². The number of nitrogens with one attached hydrogen (secondary N) is 1. The van der Waals surface area contributed by atoms with Crippen molar-refractivity contribution in [2.24, 2.45) is 11.8 Å². The number of carbonyl (C=O) groups excluding carboxylic acids is 1. The molecule has 0 radical (unpaired) electrons. The Morgan fingerprint density at radius 3 is 2.58 bits per heavy atom. The highest BCUT2D eigenvalue weighted by Gasteiger charge is 2.39. The molecule has 3 fully saturated rings. The zero-order chi connectivity index (χ0) is 16.7. The van der Waals surface area contributed by atoms with Crippen LogP contribution < -0.4 is 10.9 Å². The smallest absolute Gasteiger partial charge is 0.349 e. The molecule has 4 rings (SSSR count). The van der Waals surface area contributed by atoms with Gasteiger partial charge in [-0.1, -0.05) is 6.42 Å². The molecule has 5 nitrogen and oxygen atoms in total. The zero-order valence-electron chi connectivity index (χ0n) is 14.3. The average Bonchev–Trinajstić information content (AvgIpc) is 3.16. The number of likely N-dealkylation sites (tertiary alicyclic amines) is 1. The standard InChI is InChI=1S/C19H26N2O3/c1-12-8-16(13-6-3-7-20-9-13)24-19(23)17(12)18(22)21-10-14-4-2-5-15(14)11-21/h8,13-15,20H,2-7,9-11H2,1H3/t13?,14-,15+.